The summed E-state index contributed by atoms with van der Waals surface area (Å²) in [5.74, 6) is 1.19. The topological polar surface area (TPSA) is 29.9 Å². The molecule has 0 amide bonds. The molecule has 3 heteroatoms. The van der Waals surface area contributed by atoms with E-state index >= 15 is 0 Å². The highest BCUT2D eigenvalue weighted by Crippen LogP contribution is 2.31. The van der Waals surface area contributed by atoms with Gasteiger partial charge in [0.1, 0.15) is 5.82 Å². The second-order valence-electron chi connectivity index (χ2n) is 4.70. The summed E-state index contributed by atoms with van der Waals surface area (Å²) >= 11 is 0. The summed E-state index contributed by atoms with van der Waals surface area (Å²) in [6.07, 6.45) is 2.32. The molecule has 0 radical (unpaired) electrons. The molecule has 1 aromatic carbocycles. The Morgan fingerprint density at radius 1 is 1.35 bits per heavy atom. The normalized spacial score (nSPS) is 14.2. The largest absolute Gasteiger partial charge is 0.370 e. The summed E-state index contributed by atoms with van der Waals surface area (Å²) in [6, 6.07) is 8.57. The van der Waals surface area contributed by atoms with E-state index < -0.39 is 0 Å². The number of aromatic nitrogens is 2. The van der Waals surface area contributed by atoms with Crippen LogP contribution in [0.15, 0.2) is 24.3 Å². The zero-order valence-corrected chi connectivity index (χ0v) is 10.3. The first-order valence-corrected chi connectivity index (χ1v) is 6.12. The fourth-order valence-electron chi connectivity index (χ4n) is 2.52. The lowest BCUT2D eigenvalue weighted by molar-refractivity contribution is 0.750. The Bertz CT molecular complexity index is 555. The van der Waals surface area contributed by atoms with E-state index in [-0.39, 0.29) is 0 Å². The van der Waals surface area contributed by atoms with Crippen LogP contribution in [0, 0.1) is 6.92 Å². The molecule has 0 atom stereocenters. The maximum absolute atomic E-state index is 4.66. The highest BCUT2D eigenvalue weighted by Gasteiger charge is 2.19. The van der Waals surface area contributed by atoms with Crippen LogP contribution in [0.3, 0.4) is 0 Å². The third-order valence-corrected chi connectivity index (χ3v) is 3.33. The van der Waals surface area contributed by atoms with Crippen LogP contribution >= 0.6 is 0 Å². The van der Waals surface area contributed by atoms with Gasteiger partial charge in [0.25, 0.3) is 0 Å². The van der Waals surface area contributed by atoms with Crippen LogP contribution in [-0.2, 0) is 13.5 Å². The fraction of sp³-hybridized carbons (Fsp3) is 0.357. The quantitative estimate of drug-likeness (QED) is 0.811. The molecule has 0 spiro atoms. The Morgan fingerprint density at radius 2 is 2.24 bits per heavy atom. The Morgan fingerprint density at radius 3 is 3.06 bits per heavy atom. The molecule has 1 N–H and O–H groups in total. The number of nitrogens with one attached hydrogen (secondary N) is 1. The molecule has 0 unspecified atom stereocenters. The van der Waals surface area contributed by atoms with Crippen molar-refractivity contribution >= 4 is 5.82 Å². The van der Waals surface area contributed by atoms with Gasteiger partial charge in [-0.2, -0.15) is 5.10 Å². The maximum Gasteiger partial charge on any atom is 0.127 e. The molecule has 0 fully saturated rings. The van der Waals surface area contributed by atoms with Crippen LogP contribution < -0.4 is 5.32 Å². The molecule has 3 rings (SSSR count). The molecule has 1 aliphatic heterocycles. The molecule has 17 heavy (non-hydrogen) atoms. The van der Waals surface area contributed by atoms with Gasteiger partial charge in [-0.3, -0.25) is 4.68 Å². The summed E-state index contributed by atoms with van der Waals surface area (Å²) in [7, 11) is 2.01. The van der Waals surface area contributed by atoms with E-state index in [0.717, 1.165) is 18.7 Å². The van der Waals surface area contributed by atoms with Gasteiger partial charge in [-0.25, -0.2) is 0 Å². The standard InChI is InChI=1S/C14H17N3/c1-10-5-3-6-11(9-10)13-12-7-4-8-15-14(12)17(2)16-13/h3,5-6,9,15H,4,7-8H2,1-2H3. The first-order valence-electron chi connectivity index (χ1n) is 6.12. The van der Waals surface area contributed by atoms with E-state index in [1.165, 1.54) is 28.9 Å². The minimum absolute atomic E-state index is 1.06. The van der Waals surface area contributed by atoms with Crippen molar-refractivity contribution in [1.82, 2.24) is 9.78 Å². The summed E-state index contributed by atoms with van der Waals surface area (Å²) < 4.78 is 1.96. The number of nitrogens with zero attached hydrogens (tertiary/aromatic N) is 2. The van der Waals surface area contributed by atoms with Gasteiger partial charge in [0.05, 0.1) is 5.69 Å². The first-order chi connectivity index (χ1) is 8.25. The number of anilines is 1. The summed E-state index contributed by atoms with van der Waals surface area (Å²) in [6.45, 7) is 3.18. The second kappa shape index (κ2) is 3.91. The van der Waals surface area contributed by atoms with Crippen molar-refractivity contribution < 1.29 is 0 Å². The van der Waals surface area contributed by atoms with Crippen molar-refractivity contribution in [3.63, 3.8) is 0 Å². The zero-order chi connectivity index (χ0) is 11.8. The van der Waals surface area contributed by atoms with Crippen molar-refractivity contribution in [2.24, 2.45) is 7.05 Å². The lowest BCUT2D eigenvalue weighted by Crippen LogP contribution is -2.13. The summed E-state index contributed by atoms with van der Waals surface area (Å²) in [5, 5.41) is 8.09. The third-order valence-electron chi connectivity index (χ3n) is 3.33. The van der Waals surface area contributed by atoms with Crippen molar-refractivity contribution in [3.8, 4) is 11.3 Å². The molecule has 2 heterocycles. The summed E-state index contributed by atoms with van der Waals surface area (Å²) in [4.78, 5) is 0. The Hall–Kier alpha value is -1.77. The zero-order valence-electron chi connectivity index (χ0n) is 10.3. The minimum atomic E-state index is 1.06. The predicted molar refractivity (Wildman–Crippen MR) is 70.2 cm³/mol. The van der Waals surface area contributed by atoms with E-state index in [1.54, 1.807) is 0 Å². The average Bonchev–Trinajstić information content (AvgIpc) is 2.68. The Kier molecular flexibility index (Phi) is 2.39. The third kappa shape index (κ3) is 1.71. The molecule has 1 aliphatic rings. The van der Waals surface area contributed by atoms with Crippen LogP contribution in [0.25, 0.3) is 11.3 Å². The van der Waals surface area contributed by atoms with Crippen molar-refractivity contribution in [3.05, 3.63) is 35.4 Å². The van der Waals surface area contributed by atoms with Crippen molar-refractivity contribution in [2.75, 3.05) is 11.9 Å². The number of fused-ring (bicyclic) bond motifs is 1. The van der Waals surface area contributed by atoms with Gasteiger partial charge in [0.2, 0.25) is 0 Å². The van der Waals surface area contributed by atoms with Gasteiger partial charge in [-0.05, 0) is 25.8 Å². The Balaban J connectivity index is 2.15. The van der Waals surface area contributed by atoms with Crippen LogP contribution in [0.5, 0.6) is 0 Å². The number of rotatable bonds is 1. The molecule has 2 aromatic rings. The summed E-state index contributed by atoms with van der Waals surface area (Å²) in [5.41, 5.74) is 5.01. The smallest absolute Gasteiger partial charge is 0.127 e. The number of hydrogen-bond acceptors (Lipinski definition) is 2. The monoisotopic (exact) mass is 227 g/mol. The van der Waals surface area contributed by atoms with Gasteiger partial charge in [-0.15, -0.1) is 0 Å². The number of benzene rings is 1. The van der Waals surface area contributed by atoms with Crippen LogP contribution in [-0.4, -0.2) is 16.3 Å². The molecule has 0 bridgehead atoms. The SMILES string of the molecule is Cc1cccc(-c2nn(C)c3c2CCCN3)c1. The lowest BCUT2D eigenvalue weighted by atomic mass is 10.0. The number of hydrogen-bond donors (Lipinski definition) is 1. The molecule has 3 nitrogen and oxygen atoms in total. The maximum atomic E-state index is 4.66. The van der Waals surface area contributed by atoms with Gasteiger partial charge in [0.15, 0.2) is 0 Å². The molecule has 1 aromatic heterocycles. The molecule has 88 valence electrons. The van der Waals surface area contributed by atoms with Crippen LogP contribution in [0.2, 0.25) is 0 Å². The molecular formula is C14H17N3. The average molecular weight is 227 g/mol. The van der Waals surface area contributed by atoms with Crippen molar-refractivity contribution in [2.45, 2.75) is 19.8 Å². The van der Waals surface area contributed by atoms with Crippen molar-refractivity contribution in [1.29, 1.82) is 0 Å². The second-order valence-corrected chi connectivity index (χ2v) is 4.70. The fourth-order valence-corrected chi connectivity index (χ4v) is 2.52. The van der Waals surface area contributed by atoms with Crippen LogP contribution in [0.1, 0.15) is 17.5 Å². The lowest BCUT2D eigenvalue weighted by Gasteiger charge is -2.15. The number of aryl methyl sites for hydroxylation is 2. The van der Waals surface area contributed by atoms with E-state index in [1.807, 2.05) is 11.7 Å². The van der Waals surface area contributed by atoms with Gasteiger partial charge >= 0.3 is 0 Å². The highest BCUT2D eigenvalue weighted by molar-refractivity contribution is 5.70. The highest BCUT2D eigenvalue weighted by atomic mass is 15.3. The van der Waals surface area contributed by atoms with E-state index in [4.69, 9.17) is 0 Å². The molecule has 0 saturated heterocycles. The van der Waals surface area contributed by atoms with Crippen LogP contribution in [0.4, 0.5) is 5.82 Å². The van der Waals surface area contributed by atoms with E-state index in [0.29, 0.717) is 0 Å². The minimum Gasteiger partial charge on any atom is -0.370 e. The van der Waals surface area contributed by atoms with Gasteiger partial charge < -0.3 is 5.32 Å². The van der Waals surface area contributed by atoms with E-state index in [9.17, 15) is 0 Å². The molecular weight excluding hydrogens is 210 g/mol. The predicted octanol–water partition coefficient (Wildman–Crippen LogP) is 2.75. The van der Waals surface area contributed by atoms with Gasteiger partial charge in [-0.1, -0.05) is 23.8 Å². The Labute approximate surface area is 101 Å². The van der Waals surface area contributed by atoms with E-state index in [2.05, 4.69) is 41.6 Å². The first kappa shape index (κ1) is 10.4. The van der Waals surface area contributed by atoms with Gasteiger partial charge in [0, 0.05) is 24.7 Å². The molecule has 0 aliphatic carbocycles. The molecule has 0 saturated carbocycles.